The SMILES string of the molecule is CSc1cc(C(C)C)nc2nc3ccccc3n12. The highest BCUT2D eigenvalue weighted by molar-refractivity contribution is 7.98. The van der Waals surface area contributed by atoms with Crippen molar-refractivity contribution in [2.45, 2.75) is 24.8 Å². The van der Waals surface area contributed by atoms with Crippen molar-refractivity contribution in [1.82, 2.24) is 14.4 Å². The second kappa shape index (κ2) is 4.28. The molecule has 0 spiro atoms. The molecule has 0 saturated carbocycles. The van der Waals surface area contributed by atoms with Gasteiger partial charge in [0.15, 0.2) is 0 Å². The third kappa shape index (κ3) is 1.68. The van der Waals surface area contributed by atoms with Crippen LogP contribution in [0.15, 0.2) is 35.4 Å². The van der Waals surface area contributed by atoms with E-state index in [-0.39, 0.29) is 0 Å². The third-order valence-electron chi connectivity index (χ3n) is 3.06. The van der Waals surface area contributed by atoms with Crippen molar-refractivity contribution < 1.29 is 0 Å². The number of hydrogen-bond acceptors (Lipinski definition) is 3. The summed E-state index contributed by atoms with van der Waals surface area (Å²) in [7, 11) is 0. The molecule has 1 aromatic carbocycles. The maximum atomic E-state index is 4.66. The summed E-state index contributed by atoms with van der Waals surface area (Å²) < 4.78 is 2.13. The van der Waals surface area contributed by atoms with Gasteiger partial charge in [-0.25, -0.2) is 9.97 Å². The molecule has 3 rings (SSSR count). The van der Waals surface area contributed by atoms with Crippen LogP contribution in [0.25, 0.3) is 16.8 Å². The first-order valence-electron chi connectivity index (χ1n) is 6.03. The number of aromatic nitrogens is 3. The number of fused-ring (bicyclic) bond motifs is 3. The predicted octanol–water partition coefficient (Wildman–Crippen LogP) is 3.73. The molecule has 0 N–H and O–H groups in total. The Kier molecular flexibility index (Phi) is 2.74. The molecule has 18 heavy (non-hydrogen) atoms. The Morgan fingerprint density at radius 1 is 1.17 bits per heavy atom. The fourth-order valence-corrected chi connectivity index (χ4v) is 2.69. The lowest BCUT2D eigenvalue weighted by molar-refractivity contribution is 0.802. The van der Waals surface area contributed by atoms with Crippen LogP contribution < -0.4 is 0 Å². The molecule has 2 heterocycles. The van der Waals surface area contributed by atoms with E-state index in [0.29, 0.717) is 5.92 Å². The summed E-state index contributed by atoms with van der Waals surface area (Å²) in [5.41, 5.74) is 3.23. The number of para-hydroxylation sites is 2. The molecule has 92 valence electrons. The number of imidazole rings is 1. The average Bonchev–Trinajstić information content (AvgIpc) is 2.75. The Morgan fingerprint density at radius 3 is 2.67 bits per heavy atom. The lowest BCUT2D eigenvalue weighted by atomic mass is 10.1. The molecule has 0 unspecified atom stereocenters. The van der Waals surface area contributed by atoms with Crippen molar-refractivity contribution >= 4 is 28.6 Å². The Bertz CT molecular complexity index is 715. The maximum Gasteiger partial charge on any atom is 0.235 e. The van der Waals surface area contributed by atoms with Crippen LogP contribution in [0.5, 0.6) is 0 Å². The van der Waals surface area contributed by atoms with E-state index in [9.17, 15) is 0 Å². The molecule has 0 atom stereocenters. The van der Waals surface area contributed by atoms with Gasteiger partial charge >= 0.3 is 0 Å². The van der Waals surface area contributed by atoms with Crippen molar-refractivity contribution in [2.24, 2.45) is 0 Å². The first kappa shape index (κ1) is 11.5. The Morgan fingerprint density at radius 2 is 1.94 bits per heavy atom. The van der Waals surface area contributed by atoms with E-state index in [1.165, 1.54) is 5.03 Å². The van der Waals surface area contributed by atoms with Crippen LogP contribution in [-0.4, -0.2) is 20.6 Å². The molecule has 0 amide bonds. The number of rotatable bonds is 2. The zero-order valence-corrected chi connectivity index (χ0v) is 11.5. The van der Waals surface area contributed by atoms with E-state index in [0.717, 1.165) is 22.5 Å². The van der Waals surface area contributed by atoms with Gasteiger partial charge in [0.25, 0.3) is 0 Å². The summed E-state index contributed by atoms with van der Waals surface area (Å²) in [6, 6.07) is 10.3. The summed E-state index contributed by atoms with van der Waals surface area (Å²) in [5.74, 6) is 1.22. The molecule has 3 nitrogen and oxygen atoms in total. The summed E-state index contributed by atoms with van der Waals surface area (Å²) in [4.78, 5) is 9.26. The van der Waals surface area contributed by atoms with Gasteiger partial charge in [0.1, 0.15) is 0 Å². The fraction of sp³-hybridized carbons (Fsp3) is 0.286. The van der Waals surface area contributed by atoms with Crippen LogP contribution in [0.1, 0.15) is 25.5 Å². The first-order chi connectivity index (χ1) is 8.70. The van der Waals surface area contributed by atoms with Gasteiger partial charge in [-0.3, -0.25) is 4.40 Å². The molecule has 0 aliphatic heterocycles. The molecule has 0 aliphatic rings. The van der Waals surface area contributed by atoms with E-state index in [4.69, 9.17) is 0 Å². The predicted molar refractivity (Wildman–Crippen MR) is 76.4 cm³/mol. The molecule has 3 aromatic rings. The first-order valence-corrected chi connectivity index (χ1v) is 7.25. The smallest absolute Gasteiger partial charge is 0.235 e. The van der Waals surface area contributed by atoms with Crippen LogP contribution in [-0.2, 0) is 0 Å². The van der Waals surface area contributed by atoms with Gasteiger partial charge in [0.05, 0.1) is 16.1 Å². The normalized spacial score (nSPS) is 11.8. The molecule has 0 bridgehead atoms. The van der Waals surface area contributed by atoms with Crippen LogP contribution >= 0.6 is 11.8 Å². The van der Waals surface area contributed by atoms with E-state index in [1.54, 1.807) is 11.8 Å². The van der Waals surface area contributed by atoms with Gasteiger partial charge in [0.2, 0.25) is 5.78 Å². The van der Waals surface area contributed by atoms with Crippen molar-refractivity contribution in [2.75, 3.05) is 6.26 Å². The van der Waals surface area contributed by atoms with Crippen LogP contribution in [0.2, 0.25) is 0 Å². The zero-order valence-electron chi connectivity index (χ0n) is 10.7. The van der Waals surface area contributed by atoms with Crippen LogP contribution in [0, 0.1) is 0 Å². The minimum Gasteiger partial charge on any atom is -0.271 e. The second-order valence-corrected chi connectivity index (χ2v) is 5.44. The van der Waals surface area contributed by atoms with Crippen LogP contribution in [0.3, 0.4) is 0 Å². The molecule has 0 saturated heterocycles. The van der Waals surface area contributed by atoms with Gasteiger partial charge in [-0.1, -0.05) is 26.0 Å². The second-order valence-electron chi connectivity index (χ2n) is 4.61. The summed E-state index contributed by atoms with van der Waals surface area (Å²) >= 11 is 1.73. The molecule has 0 radical (unpaired) electrons. The van der Waals surface area contributed by atoms with E-state index in [1.807, 2.05) is 18.2 Å². The Balaban J connectivity index is 2.43. The fourth-order valence-electron chi connectivity index (χ4n) is 2.09. The van der Waals surface area contributed by atoms with E-state index in [2.05, 4.69) is 46.6 Å². The minimum atomic E-state index is 0.417. The lowest BCUT2D eigenvalue weighted by Gasteiger charge is -2.08. The average molecular weight is 257 g/mol. The quantitative estimate of drug-likeness (QED) is 0.517. The summed E-state index contributed by atoms with van der Waals surface area (Å²) in [5, 5.41) is 1.19. The molecule has 0 fully saturated rings. The largest absolute Gasteiger partial charge is 0.271 e. The topological polar surface area (TPSA) is 30.2 Å². The van der Waals surface area contributed by atoms with Gasteiger partial charge in [-0.15, -0.1) is 11.8 Å². The van der Waals surface area contributed by atoms with Gasteiger partial charge in [-0.05, 0) is 30.4 Å². The van der Waals surface area contributed by atoms with Crippen molar-refractivity contribution in [3.05, 3.63) is 36.0 Å². The summed E-state index contributed by atoms with van der Waals surface area (Å²) in [6.45, 7) is 4.32. The highest BCUT2D eigenvalue weighted by Gasteiger charge is 2.12. The molecule has 2 aromatic heterocycles. The van der Waals surface area contributed by atoms with Gasteiger partial charge in [-0.2, -0.15) is 0 Å². The standard InChI is InChI=1S/C14H15N3S/c1-9(2)11-8-13(18-3)17-12-7-5-4-6-10(12)15-14(17)16-11/h4-9H,1-3H3. The van der Waals surface area contributed by atoms with Gasteiger partial charge in [0, 0.05) is 5.69 Å². The number of thioether (sulfide) groups is 1. The monoisotopic (exact) mass is 257 g/mol. The van der Waals surface area contributed by atoms with Gasteiger partial charge < -0.3 is 0 Å². The lowest BCUT2D eigenvalue weighted by Crippen LogP contribution is -1.99. The highest BCUT2D eigenvalue weighted by atomic mass is 32.2. The van der Waals surface area contributed by atoms with Crippen LogP contribution in [0.4, 0.5) is 0 Å². The number of nitrogens with zero attached hydrogens (tertiary/aromatic N) is 3. The summed E-state index contributed by atoms with van der Waals surface area (Å²) in [6.07, 6.45) is 2.09. The van der Waals surface area contributed by atoms with E-state index >= 15 is 0 Å². The van der Waals surface area contributed by atoms with Crippen molar-refractivity contribution in [1.29, 1.82) is 0 Å². The molecular formula is C14H15N3S. The minimum absolute atomic E-state index is 0.417. The molecule has 0 aliphatic carbocycles. The number of benzene rings is 1. The molecular weight excluding hydrogens is 242 g/mol. The van der Waals surface area contributed by atoms with Crippen molar-refractivity contribution in [3.63, 3.8) is 0 Å². The maximum absolute atomic E-state index is 4.66. The Hall–Kier alpha value is -1.55. The van der Waals surface area contributed by atoms with E-state index < -0.39 is 0 Å². The third-order valence-corrected chi connectivity index (χ3v) is 3.78. The number of hydrogen-bond donors (Lipinski definition) is 0. The Labute approximate surface area is 110 Å². The van der Waals surface area contributed by atoms with Crippen molar-refractivity contribution in [3.8, 4) is 0 Å². The molecule has 4 heteroatoms. The zero-order chi connectivity index (χ0) is 12.7. The highest BCUT2D eigenvalue weighted by Crippen LogP contribution is 2.25.